The molecule has 33 heavy (non-hydrogen) atoms. The molecule has 170 valence electrons. The van der Waals surface area contributed by atoms with Crippen molar-refractivity contribution in [2.24, 2.45) is 0 Å². The van der Waals surface area contributed by atoms with Gasteiger partial charge in [0.15, 0.2) is 11.5 Å². The first kappa shape index (κ1) is 23.5. The molecule has 2 amide bonds. The first-order valence-corrected chi connectivity index (χ1v) is 11.1. The molecule has 1 aliphatic heterocycles. The highest BCUT2D eigenvalue weighted by atomic mass is 35.5. The second-order valence-corrected chi connectivity index (χ2v) is 8.80. The highest BCUT2D eigenvalue weighted by Gasteiger charge is 2.42. The molecule has 0 atom stereocenters. The van der Waals surface area contributed by atoms with Crippen molar-refractivity contribution < 1.29 is 24.5 Å². The molecule has 10 heteroatoms. The van der Waals surface area contributed by atoms with Crippen molar-refractivity contribution in [1.82, 2.24) is 0 Å². The maximum Gasteiger partial charge on any atom is 0.267 e. The van der Waals surface area contributed by atoms with E-state index >= 15 is 0 Å². The molecule has 3 aromatic rings. The summed E-state index contributed by atoms with van der Waals surface area (Å²) >= 11 is 24.5. The van der Waals surface area contributed by atoms with Crippen LogP contribution in [0.5, 0.6) is 17.2 Å². The van der Waals surface area contributed by atoms with Crippen LogP contribution < -0.4 is 9.64 Å². The van der Waals surface area contributed by atoms with Crippen LogP contribution in [-0.4, -0.2) is 29.1 Å². The lowest BCUT2D eigenvalue weighted by molar-refractivity contribution is 0.0926. The van der Waals surface area contributed by atoms with Crippen molar-refractivity contribution in [1.29, 1.82) is 0 Å². The fourth-order valence-electron chi connectivity index (χ4n) is 3.63. The van der Waals surface area contributed by atoms with Crippen LogP contribution in [0.4, 0.5) is 5.69 Å². The summed E-state index contributed by atoms with van der Waals surface area (Å²) in [5.74, 6) is -1.67. The summed E-state index contributed by atoms with van der Waals surface area (Å²) < 4.78 is 5.05. The molecule has 0 saturated heterocycles. The van der Waals surface area contributed by atoms with E-state index in [1.807, 2.05) is 0 Å². The number of nitrogens with zero attached hydrogens (tertiary/aromatic N) is 1. The number of phenolic OH excluding ortho intramolecular Hbond substituents is 2. The molecule has 0 bridgehead atoms. The number of hydrogen-bond donors (Lipinski definition) is 2. The van der Waals surface area contributed by atoms with E-state index < -0.39 is 11.8 Å². The summed E-state index contributed by atoms with van der Waals surface area (Å²) in [7, 11) is 1.40. The molecule has 2 N–H and O–H groups in total. The smallest absolute Gasteiger partial charge is 0.267 e. The summed E-state index contributed by atoms with van der Waals surface area (Å²) in [6, 6.07) is 9.94. The Morgan fingerprint density at radius 1 is 0.788 bits per heavy atom. The molecule has 1 heterocycles. The third-order valence-corrected chi connectivity index (χ3v) is 7.13. The zero-order chi connectivity index (χ0) is 24.0. The fraction of sp³-hybridized carbons (Fsp3) is 0.130. The van der Waals surface area contributed by atoms with Crippen molar-refractivity contribution in [2.45, 2.75) is 12.8 Å². The van der Waals surface area contributed by atoms with Crippen LogP contribution in [0.2, 0.25) is 20.1 Å². The number of hydrogen-bond acceptors (Lipinski definition) is 5. The van der Waals surface area contributed by atoms with E-state index in [1.54, 1.807) is 30.3 Å². The van der Waals surface area contributed by atoms with Gasteiger partial charge >= 0.3 is 0 Å². The van der Waals surface area contributed by atoms with E-state index in [-0.39, 0.29) is 48.5 Å². The number of carbonyl (C=O) groups excluding carboxylic acids is 2. The van der Waals surface area contributed by atoms with E-state index in [2.05, 4.69) is 0 Å². The van der Waals surface area contributed by atoms with E-state index in [9.17, 15) is 19.8 Å². The van der Waals surface area contributed by atoms with Gasteiger partial charge in [-0.25, -0.2) is 4.90 Å². The number of methoxy groups -OCH3 is 1. The fourth-order valence-corrected chi connectivity index (χ4v) is 4.65. The van der Waals surface area contributed by atoms with E-state index in [0.29, 0.717) is 18.5 Å². The SMILES string of the molecule is COc1cc(CCc2ccc(N3C(=O)c4c(Cl)c(Cl)c(Cl)c(Cl)c4C3=O)cc2)cc(O)c1O. The number of carbonyl (C=O) groups is 2. The van der Waals surface area contributed by atoms with Gasteiger partial charge in [-0.2, -0.15) is 0 Å². The Hall–Kier alpha value is -2.64. The number of halogens is 4. The minimum absolute atomic E-state index is 0.0776. The van der Waals surface area contributed by atoms with E-state index in [4.69, 9.17) is 51.1 Å². The topological polar surface area (TPSA) is 87.1 Å². The highest BCUT2D eigenvalue weighted by Crippen LogP contribution is 2.45. The number of imide groups is 1. The van der Waals surface area contributed by atoms with Gasteiger partial charge < -0.3 is 14.9 Å². The van der Waals surface area contributed by atoms with Gasteiger partial charge in [0.1, 0.15) is 0 Å². The number of phenols is 2. The molecular weight excluding hydrogens is 512 g/mol. The van der Waals surface area contributed by atoms with Gasteiger partial charge in [-0.15, -0.1) is 0 Å². The zero-order valence-electron chi connectivity index (χ0n) is 17.0. The molecular formula is C23H15Cl4NO5. The Balaban J connectivity index is 1.56. The maximum atomic E-state index is 13.0. The van der Waals surface area contributed by atoms with Crippen LogP contribution >= 0.6 is 46.4 Å². The third kappa shape index (κ3) is 3.97. The van der Waals surface area contributed by atoms with E-state index in [0.717, 1.165) is 16.0 Å². The van der Waals surface area contributed by atoms with Gasteiger partial charge in [0, 0.05) is 0 Å². The minimum Gasteiger partial charge on any atom is -0.504 e. The lowest BCUT2D eigenvalue weighted by Crippen LogP contribution is -2.29. The molecule has 0 aliphatic carbocycles. The van der Waals surface area contributed by atoms with Crippen molar-refractivity contribution in [3.63, 3.8) is 0 Å². The second kappa shape index (κ2) is 8.95. The number of rotatable bonds is 5. The number of anilines is 1. The standard InChI is InChI=1S/C23H15Cl4NO5/c1-33-14-9-11(8-13(29)21(14)30)3-2-10-4-6-12(7-5-10)28-22(31)15-16(23(28)32)18(25)20(27)19(26)17(15)24/h4-9,29-30H,2-3H2,1H3. The van der Waals surface area contributed by atoms with Gasteiger partial charge in [0.25, 0.3) is 11.8 Å². The Morgan fingerprint density at radius 2 is 1.30 bits per heavy atom. The molecule has 0 radical (unpaired) electrons. The predicted octanol–water partition coefficient (Wildman–Crippen LogP) is 6.31. The normalized spacial score (nSPS) is 12.9. The van der Waals surface area contributed by atoms with Crippen LogP contribution in [0, 0.1) is 0 Å². The first-order chi connectivity index (χ1) is 15.6. The molecule has 6 nitrogen and oxygen atoms in total. The Kier molecular flexibility index (Phi) is 6.38. The number of ether oxygens (including phenoxy) is 1. The largest absolute Gasteiger partial charge is 0.504 e. The lowest BCUT2D eigenvalue weighted by Gasteiger charge is -2.14. The average molecular weight is 527 g/mol. The molecule has 3 aromatic carbocycles. The maximum absolute atomic E-state index is 13.0. The number of benzene rings is 3. The second-order valence-electron chi connectivity index (χ2n) is 7.28. The molecule has 4 rings (SSSR count). The van der Waals surface area contributed by atoms with Crippen LogP contribution in [0.3, 0.4) is 0 Å². The van der Waals surface area contributed by atoms with Gasteiger partial charge in [0.05, 0.1) is 44.0 Å². The Labute approximate surface area is 208 Å². The predicted molar refractivity (Wildman–Crippen MR) is 128 cm³/mol. The summed E-state index contributed by atoms with van der Waals surface area (Å²) in [4.78, 5) is 26.9. The quantitative estimate of drug-likeness (QED) is 0.176. The third-order valence-electron chi connectivity index (χ3n) is 5.33. The van der Waals surface area contributed by atoms with Gasteiger partial charge in [-0.05, 0) is 48.2 Å². The number of fused-ring (bicyclic) bond motifs is 1. The van der Waals surface area contributed by atoms with Crippen LogP contribution in [0.1, 0.15) is 31.8 Å². The minimum atomic E-state index is -0.639. The highest BCUT2D eigenvalue weighted by molar-refractivity contribution is 6.56. The Bertz CT molecular complexity index is 1260. The molecule has 0 fully saturated rings. The number of aryl methyl sites for hydroxylation is 2. The van der Waals surface area contributed by atoms with Crippen molar-refractivity contribution in [3.05, 3.63) is 78.7 Å². The summed E-state index contributed by atoms with van der Waals surface area (Å²) in [5.41, 5.74) is 1.87. The van der Waals surface area contributed by atoms with Crippen LogP contribution in [-0.2, 0) is 12.8 Å². The summed E-state index contributed by atoms with van der Waals surface area (Å²) in [6.07, 6.45) is 1.15. The van der Waals surface area contributed by atoms with Crippen molar-refractivity contribution >= 4 is 63.9 Å². The van der Waals surface area contributed by atoms with E-state index in [1.165, 1.54) is 13.2 Å². The molecule has 0 unspecified atom stereocenters. The van der Waals surface area contributed by atoms with Crippen LogP contribution in [0.15, 0.2) is 36.4 Å². The zero-order valence-corrected chi connectivity index (χ0v) is 20.0. The van der Waals surface area contributed by atoms with Crippen LogP contribution in [0.25, 0.3) is 0 Å². The first-order valence-electron chi connectivity index (χ1n) is 9.58. The monoisotopic (exact) mass is 525 g/mol. The number of aromatic hydroxyl groups is 2. The van der Waals surface area contributed by atoms with Crippen molar-refractivity contribution in [2.75, 3.05) is 12.0 Å². The lowest BCUT2D eigenvalue weighted by atomic mass is 10.0. The molecule has 0 spiro atoms. The summed E-state index contributed by atoms with van der Waals surface area (Å²) in [6.45, 7) is 0. The van der Waals surface area contributed by atoms with Gasteiger partial charge in [-0.3, -0.25) is 9.59 Å². The summed E-state index contributed by atoms with van der Waals surface area (Å²) in [5, 5.41) is 19.2. The van der Waals surface area contributed by atoms with Gasteiger partial charge in [0.2, 0.25) is 5.75 Å². The van der Waals surface area contributed by atoms with Gasteiger partial charge in [-0.1, -0.05) is 58.5 Å². The number of amides is 2. The Morgan fingerprint density at radius 3 is 1.82 bits per heavy atom. The molecule has 1 aliphatic rings. The molecule has 0 aromatic heterocycles. The molecule has 0 saturated carbocycles. The average Bonchev–Trinajstić information content (AvgIpc) is 3.07. The van der Waals surface area contributed by atoms with Crippen molar-refractivity contribution in [3.8, 4) is 17.2 Å².